The number of anilines is 2. The van der Waals surface area contributed by atoms with Gasteiger partial charge in [0.2, 0.25) is 5.95 Å². The molecule has 10 nitrogen and oxygen atoms in total. The summed E-state index contributed by atoms with van der Waals surface area (Å²) in [5.41, 5.74) is -0.945. The Kier molecular flexibility index (Phi) is 7.76. The highest BCUT2D eigenvalue weighted by Gasteiger charge is 2.52. The Bertz CT molecular complexity index is 1530. The Hall–Kier alpha value is -3.59. The summed E-state index contributed by atoms with van der Waals surface area (Å²) < 4.78 is 44.2. The lowest BCUT2D eigenvalue weighted by atomic mass is 9.87. The van der Waals surface area contributed by atoms with E-state index in [0.717, 1.165) is 16.8 Å². The Morgan fingerprint density at radius 3 is 2.66 bits per heavy atom. The molecule has 0 unspecified atom stereocenters. The van der Waals surface area contributed by atoms with Crippen LogP contribution >= 0.6 is 11.3 Å². The third kappa shape index (κ3) is 6.05. The van der Waals surface area contributed by atoms with Crippen molar-refractivity contribution in [3.05, 3.63) is 53.7 Å². The number of rotatable bonds is 9. The summed E-state index contributed by atoms with van der Waals surface area (Å²) >= 11 is 1.38. The van der Waals surface area contributed by atoms with Crippen LogP contribution in [0.2, 0.25) is 0 Å². The maximum Gasteiger partial charge on any atom is 0.387 e. The van der Waals surface area contributed by atoms with E-state index in [0.29, 0.717) is 33.8 Å². The largest absolute Gasteiger partial charge is 0.432 e. The van der Waals surface area contributed by atoms with Gasteiger partial charge in [-0.3, -0.25) is 4.98 Å². The van der Waals surface area contributed by atoms with Gasteiger partial charge in [0.1, 0.15) is 22.4 Å². The fourth-order valence-corrected chi connectivity index (χ4v) is 6.04. The van der Waals surface area contributed by atoms with E-state index in [2.05, 4.69) is 35.3 Å². The molecule has 3 atom stereocenters. The molecule has 14 heteroatoms. The minimum atomic E-state index is -3.15. The smallest absolute Gasteiger partial charge is 0.387 e. The number of pyridine rings is 1. The molecular formula is C27H29F3N6O4S. The molecule has 1 saturated carbocycles. The van der Waals surface area contributed by atoms with Crippen LogP contribution in [0.5, 0.6) is 5.75 Å². The van der Waals surface area contributed by atoms with Crippen molar-refractivity contribution in [1.82, 2.24) is 19.9 Å². The average molecular weight is 591 g/mol. The van der Waals surface area contributed by atoms with Gasteiger partial charge in [-0.1, -0.05) is 6.07 Å². The van der Waals surface area contributed by atoms with Gasteiger partial charge in [-0.05, 0) is 57.4 Å². The second-order valence-corrected chi connectivity index (χ2v) is 11.5. The summed E-state index contributed by atoms with van der Waals surface area (Å²) in [7, 11) is 0. The number of alkyl halides is 2. The summed E-state index contributed by atoms with van der Waals surface area (Å²) in [5, 5.41) is 39.6. The predicted octanol–water partition coefficient (Wildman–Crippen LogP) is 4.45. The first-order valence-electron chi connectivity index (χ1n) is 12.8. The van der Waals surface area contributed by atoms with Gasteiger partial charge >= 0.3 is 6.61 Å². The van der Waals surface area contributed by atoms with Gasteiger partial charge in [0.25, 0.3) is 0 Å². The molecule has 1 fully saturated rings. The summed E-state index contributed by atoms with van der Waals surface area (Å²) in [4.78, 5) is 17.9. The fourth-order valence-electron chi connectivity index (χ4n) is 5.01. The van der Waals surface area contributed by atoms with Crippen LogP contribution in [0.3, 0.4) is 0 Å². The van der Waals surface area contributed by atoms with Gasteiger partial charge in [0.15, 0.2) is 17.3 Å². The first-order chi connectivity index (χ1) is 19.3. The zero-order valence-electron chi connectivity index (χ0n) is 22.4. The summed E-state index contributed by atoms with van der Waals surface area (Å²) in [6, 6.07) is 5.43. The third-order valence-electron chi connectivity index (χ3n) is 7.11. The molecule has 1 aromatic carbocycles. The van der Waals surface area contributed by atoms with Crippen LogP contribution < -0.4 is 15.4 Å². The molecule has 1 aliphatic carbocycles. The maximum absolute atomic E-state index is 14.2. The lowest BCUT2D eigenvalue weighted by Crippen LogP contribution is -2.51. The highest BCUT2D eigenvalue weighted by atomic mass is 32.1. The molecule has 0 saturated heterocycles. The second-order valence-electron chi connectivity index (χ2n) is 10.5. The topological polar surface area (TPSA) is 146 Å². The van der Waals surface area contributed by atoms with E-state index in [4.69, 9.17) is 0 Å². The molecule has 0 bridgehead atoms. The number of ether oxygens (including phenoxy) is 1. The number of aryl methyl sites for hydroxylation is 1. The van der Waals surface area contributed by atoms with Gasteiger partial charge in [0.05, 0.1) is 27.8 Å². The minimum absolute atomic E-state index is 0.0462. The lowest BCUT2D eigenvalue weighted by molar-refractivity contribution is -0.0926. The highest BCUT2D eigenvalue weighted by Crippen LogP contribution is 2.43. The molecule has 5 N–H and O–H groups in total. The molecule has 4 aromatic rings. The number of benzene rings is 1. The Morgan fingerprint density at radius 1 is 1.22 bits per heavy atom. The molecule has 1 aliphatic rings. The van der Waals surface area contributed by atoms with Gasteiger partial charge in [-0.2, -0.15) is 13.8 Å². The summed E-state index contributed by atoms with van der Waals surface area (Å²) in [5.74, 6) is -1.78. The molecule has 0 amide bonds. The normalized spacial score (nSPS) is 21.0. The van der Waals surface area contributed by atoms with Crippen LogP contribution in [0.25, 0.3) is 20.8 Å². The van der Waals surface area contributed by atoms with Crippen molar-refractivity contribution in [3.8, 4) is 16.3 Å². The van der Waals surface area contributed by atoms with E-state index in [1.165, 1.54) is 17.4 Å². The standard InChI is InChI=1S/C27H29F3N6O4S/c1-13-20(23-34-17-12-31-9-7-19(17)41-23)22(36-27(39)8-6-15(21(27)37)26(2,3)38)35-25(33-13)32-11-14-4-5-18(16(28)10-14)40-24(29)30/h4-5,7,9-10,12,15,21,24,37-39H,6,8,11H2,1-3H3,(H2,32,33,35,36)/t15-,21+,27+/m0/s1. The second kappa shape index (κ2) is 11.0. The predicted molar refractivity (Wildman–Crippen MR) is 147 cm³/mol. The van der Waals surface area contributed by atoms with E-state index in [1.54, 1.807) is 33.2 Å². The van der Waals surface area contributed by atoms with E-state index < -0.39 is 41.5 Å². The van der Waals surface area contributed by atoms with Crippen LogP contribution in [0.15, 0.2) is 36.7 Å². The van der Waals surface area contributed by atoms with Crippen molar-refractivity contribution < 1.29 is 33.2 Å². The zero-order chi connectivity index (χ0) is 29.5. The van der Waals surface area contributed by atoms with Crippen molar-refractivity contribution in [2.24, 2.45) is 5.92 Å². The Morgan fingerprint density at radius 2 is 2.00 bits per heavy atom. The van der Waals surface area contributed by atoms with Crippen LogP contribution in [-0.2, 0) is 6.54 Å². The highest BCUT2D eigenvalue weighted by molar-refractivity contribution is 7.21. The van der Waals surface area contributed by atoms with Crippen molar-refractivity contribution in [3.63, 3.8) is 0 Å². The molecular weight excluding hydrogens is 561 g/mol. The fraction of sp³-hybridized carbons (Fsp3) is 0.407. The van der Waals surface area contributed by atoms with Crippen molar-refractivity contribution in [2.75, 3.05) is 10.6 Å². The Balaban J connectivity index is 1.48. The lowest BCUT2D eigenvalue weighted by Gasteiger charge is -2.34. The van der Waals surface area contributed by atoms with E-state index >= 15 is 0 Å². The molecule has 0 aliphatic heterocycles. The molecule has 0 spiro atoms. The van der Waals surface area contributed by atoms with E-state index in [1.807, 2.05) is 6.07 Å². The molecule has 5 rings (SSSR count). The van der Waals surface area contributed by atoms with Gasteiger partial charge in [-0.25, -0.2) is 14.4 Å². The van der Waals surface area contributed by atoms with Crippen molar-refractivity contribution >= 4 is 33.3 Å². The molecule has 0 radical (unpaired) electrons. The number of aliphatic hydroxyl groups excluding tert-OH is 1. The molecule has 3 heterocycles. The van der Waals surface area contributed by atoms with Crippen LogP contribution in [0, 0.1) is 18.7 Å². The molecule has 218 valence electrons. The van der Waals surface area contributed by atoms with Crippen LogP contribution in [0.1, 0.15) is 37.9 Å². The molecule has 41 heavy (non-hydrogen) atoms. The van der Waals surface area contributed by atoms with E-state index in [-0.39, 0.29) is 24.7 Å². The number of nitrogens with one attached hydrogen (secondary N) is 2. The molecule has 3 aromatic heterocycles. The van der Waals surface area contributed by atoms with Gasteiger partial charge < -0.3 is 30.7 Å². The van der Waals surface area contributed by atoms with Crippen LogP contribution in [-0.4, -0.2) is 59.3 Å². The third-order valence-corrected chi connectivity index (χ3v) is 8.16. The first kappa shape index (κ1) is 28.9. The van der Waals surface area contributed by atoms with Crippen molar-refractivity contribution in [2.45, 2.75) is 64.2 Å². The summed E-state index contributed by atoms with van der Waals surface area (Å²) in [6.07, 6.45) is 2.49. The number of thiazole rings is 1. The van der Waals surface area contributed by atoms with Crippen LogP contribution in [0.4, 0.5) is 24.9 Å². The number of hydrogen-bond acceptors (Lipinski definition) is 11. The number of halogens is 3. The number of fused-ring (bicyclic) bond motifs is 1. The average Bonchev–Trinajstić information content (AvgIpc) is 3.44. The SMILES string of the molecule is Cc1nc(NCc2ccc(OC(F)F)c(F)c2)nc(N[C@@]2(O)CC[C@H](C(C)(C)O)[C@H]2O)c1-c1nc2cnccc2s1. The zero-order valence-corrected chi connectivity index (χ0v) is 23.2. The quantitative estimate of drug-likeness (QED) is 0.177. The number of aliphatic hydroxyl groups is 3. The minimum Gasteiger partial charge on any atom is -0.432 e. The monoisotopic (exact) mass is 590 g/mol. The summed E-state index contributed by atoms with van der Waals surface area (Å²) in [6.45, 7) is 1.80. The number of hydrogen-bond donors (Lipinski definition) is 5. The number of aromatic nitrogens is 4. The number of nitrogens with zero attached hydrogens (tertiary/aromatic N) is 4. The van der Waals surface area contributed by atoms with E-state index in [9.17, 15) is 28.5 Å². The Labute approximate surface area is 237 Å². The van der Waals surface area contributed by atoms with Gasteiger partial charge in [0, 0.05) is 18.7 Å². The van der Waals surface area contributed by atoms with Crippen molar-refractivity contribution in [1.29, 1.82) is 0 Å². The van der Waals surface area contributed by atoms with Gasteiger partial charge in [-0.15, -0.1) is 11.3 Å². The first-order valence-corrected chi connectivity index (χ1v) is 13.6. The maximum atomic E-state index is 14.2.